The Morgan fingerprint density at radius 3 is 2.12 bits per heavy atom. The molecule has 0 saturated heterocycles. The molecule has 0 spiro atoms. The minimum Gasteiger partial charge on any atom is -0.462 e. The summed E-state index contributed by atoms with van der Waals surface area (Å²) in [6.45, 7) is 10.7. The number of hydrogen-bond donors (Lipinski definition) is 1. The van der Waals surface area contributed by atoms with Crippen LogP contribution < -0.4 is 0 Å². The maximum atomic E-state index is 12.1. The van der Waals surface area contributed by atoms with Crippen molar-refractivity contribution in [1.82, 2.24) is 0 Å². The quantitative estimate of drug-likeness (QED) is 0.0811. The first kappa shape index (κ1) is 39.0. The molecule has 5 rings (SSSR count). The van der Waals surface area contributed by atoms with Gasteiger partial charge >= 0.3 is 11.9 Å². The molecule has 1 unspecified atom stereocenters. The van der Waals surface area contributed by atoms with E-state index < -0.39 is 18.5 Å². The number of aryl methyl sites for hydroxylation is 1. The van der Waals surface area contributed by atoms with Crippen LogP contribution in [0.5, 0.6) is 0 Å². The summed E-state index contributed by atoms with van der Waals surface area (Å²) in [5.74, 6) is 0.294. The Morgan fingerprint density at radius 1 is 0.808 bits per heavy atom. The number of ether oxygens (including phenoxy) is 2. The molecule has 3 aromatic carbocycles. The number of rotatable bonds is 18. The number of unbranched alkanes of at least 4 members (excludes halogenated alkanes) is 2. The maximum Gasteiger partial charge on any atom is 0.335 e. The summed E-state index contributed by atoms with van der Waals surface area (Å²) >= 11 is 0. The van der Waals surface area contributed by atoms with Crippen LogP contribution in [0.25, 0.3) is 16.3 Å². The van der Waals surface area contributed by atoms with Gasteiger partial charge in [0.25, 0.3) is 0 Å². The topological polar surface area (TPSA) is 72.8 Å². The van der Waals surface area contributed by atoms with Crippen LogP contribution in [-0.2, 0) is 31.9 Å². The lowest BCUT2D eigenvalue weighted by molar-refractivity contribution is -0.144. The predicted octanol–water partition coefficient (Wildman–Crippen LogP) is 10.8. The summed E-state index contributed by atoms with van der Waals surface area (Å²) in [5, 5.41) is 11.5. The average molecular weight is 703 g/mol. The number of hydrogen-bond acceptors (Lipinski definition) is 5. The molecule has 0 bridgehead atoms. The van der Waals surface area contributed by atoms with E-state index in [4.69, 9.17) is 9.47 Å². The first-order valence-corrected chi connectivity index (χ1v) is 19.5. The molecule has 0 aliphatic heterocycles. The van der Waals surface area contributed by atoms with Crippen molar-refractivity contribution in [3.05, 3.63) is 125 Å². The fourth-order valence-electron chi connectivity index (χ4n) is 7.67. The number of benzene rings is 3. The molecule has 3 aromatic rings. The Bertz CT molecular complexity index is 1750. The van der Waals surface area contributed by atoms with Gasteiger partial charge in [-0.2, -0.15) is 0 Å². The minimum atomic E-state index is -0.657. The van der Waals surface area contributed by atoms with E-state index in [-0.39, 0.29) is 24.7 Å². The summed E-state index contributed by atoms with van der Waals surface area (Å²) in [6.07, 6.45) is 20.6. The van der Waals surface area contributed by atoms with Crippen LogP contribution >= 0.6 is 0 Å². The fourth-order valence-corrected chi connectivity index (χ4v) is 7.67. The first-order chi connectivity index (χ1) is 25.2. The van der Waals surface area contributed by atoms with Gasteiger partial charge in [-0.25, -0.2) is 9.59 Å². The van der Waals surface area contributed by atoms with Gasteiger partial charge in [0.2, 0.25) is 0 Å². The van der Waals surface area contributed by atoms with E-state index >= 15 is 0 Å². The third-order valence-corrected chi connectivity index (χ3v) is 11.0. The first-order valence-electron chi connectivity index (χ1n) is 19.5. The van der Waals surface area contributed by atoms with Crippen LogP contribution in [0.4, 0.5) is 0 Å². The van der Waals surface area contributed by atoms with Gasteiger partial charge in [-0.1, -0.05) is 124 Å². The van der Waals surface area contributed by atoms with Crippen molar-refractivity contribution in [2.45, 2.75) is 103 Å². The van der Waals surface area contributed by atoms with Gasteiger partial charge in [-0.05, 0) is 115 Å². The lowest BCUT2D eigenvalue weighted by atomic mass is 9.77. The van der Waals surface area contributed by atoms with E-state index in [1.165, 1.54) is 84.6 Å². The highest BCUT2D eigenvalue weighted by Gasteiger charge is 2.22. The number of aliphatic hydroxyl groups is 1. The number of carbonyl (C=O) groups excluding carboxylic acids is 2. The number of fused-ring (bicyclic) bond motifs is 1. The molecule has 0 aromatic heterocycles. The van der Waals surface area contributed by atoms with Crippen molar-refractivity contribution in [2.75, 3.05) is 19.8 Å². The molecule has 1 saturated carbocycles. The molecule has 1 atom stereocenters. The van der Waals surface area contributed by atoms with Crippen molar-refractivity contribution in [3.8, 4) is 0 Å². The Hall–Kier alpha value is -4.22. The van der Waals surface area contributed by atoms with E-state index in [0.717, 1.165) is 48.5 Å². The van der Waals surface area contributed by atoms with Crippen LogP contribution in [-0.4, -0.2) is 36.9 Å². The van der Waals surface area contributed by atoms with E-state index in [9.17, 15) is 14.7 Å². The van der Waals surface area contributed by atoms with Crippen molar-refractivity contribution < 1.29 is 24.2 Å². The molecule has 2 aliphatic carbocycles. The van der Waals surface area contributed by atoms with Crippen molar-refractivity contribution in [2.24, 2.45) is 11.8 Å². The Kier molecular flexibility index (Phi) is 14.7. The third-order valence-electron chi connectivity index (χ3n) is 11.0. The van der Waals surface area contributed by atoms with Crippen LogP contribution in [0.3, 0.4) is 0 Å². The molecule has 0 amide bonds. The third kappa shape index (κ3) is 11.4. The SMILES string of the molecule is C=C(C)C(=O)OCC(COC(=O)C(=C)CO)Cc1ccc2cc(CCC3=CC=C(c4ccc(C5CCC(CCCCC)CC5)cc4)CC3)ccc2c1. The van der Waals surface area contributed by atoms with Gasteiger partial charge < -0.3 is 14.6 Å². The lowest BCUT2D eigenvalue weighted by Gasteiger charge is -2.29. The van der Waals surface area contributed by atoms with Gasteiger partial charge in [-0.15, -0.1) is 0 Å². The van der Waals surface area contributed by atoms with E-state index in [2.05, 4.69) is 92.9 Å². The summed E-state index contributed by atoms with van der Waals surface area (Å²) in [5.41, 5.74) is 8.53. The second-order valence-corrected chi connectivity index (χ2v) is 15.2. The van der Waals surface area contributed by atoms with Crippen LogP contribution in [0.1, 0.15) is 113 Å². The number of carbonyl (C=O) groups is 2. The van der Waals surface area contributed by atoms with Crippen LogP contribution in [0.2, 0.25) is 0 Å². The van der Waals surface area contributed by atoms with Gasteiger partial charge in [0.1, 0.15) is 0 Å². The molecule has 0 heterocycles. The van der Waals surface area contributed by atoms with Gasteiger partial charge in [0.05, 0.1) is 25.4 Å². The summed E-state index contributed by atoms with van der Waals surface area (Å²) in [4.78, 5) is 24.1. The highest BCUT2D eigenvalue weighted by Crippen LogP contribution is 2.38. The molecule has 5 heteroatoms. The Morgan fingerprint density at radius 2 is 1.48 bits per heavy atom. The highest BCUT2D eigenvalue weighted by molar-refractivity contribution is 5.88. The van der Waals surface area contributed by atoms with E-state index in [0.29, 0.717) is 12.0 Å². The van der Waals surface area contributed by atoms with Gasteiger partial charge in [-0.3, -0.25) is 0 Å². The molecule has 276 valence electrons. The number of allylic oxidation sites excluding steroid dienone is 4. The molecular weight excluding hydrogens is 645 g/mol. The Labute approximate surface area is 311 Å². The molecule has 5 nitrogen and oxygen atoms in total. The zero-order valence-corrected chi connectivity index (χ0v) is 31.5. The smallest absolute Gasteiger partial charge is 0.335 e. The second kappa shape index (κ2) is 19.6. The van der Waals surface area contributed by atoms with Gasteiger partial charge in [0, 0.05) is 11.5 Å². The van der Waals surface area contributed by atoms with Gasteiger partial charge in [0.15, 0.2) is 0 Å². The zero-order chi connectivity index (χ0) is 36.9. The predicted molar refractivity (Wildman–Crippen MR) is 213 cm³/mol. The number of aliphatic hydroxyl groups excluding tert-OH is 1. The standard InChI is InChI=1S/C47H58O5/c1-5-6-7-8-35-11-17-40(18-12-35)42-23-25-43(26-24-42)41-19-13-36(14-20-41)9-10-37-15-21-45-29-38(16-22-44(45)28-37)27-39(31-51-46(49)33(2)3)32-52-47(50)34(4)30-48/h13,15-16,19,21-26,28-29,35,39-40,48H,2,4-12,14,17-18,20,27,30-32H2,1,3H3. The van der Waals surface area contributed by atoms with Crippen molar-refractivity contribution >= 4 is 28.3 Å². The molecule has 0 radical (unpaired) electrons. The zero-order valence-electron chi connectivity index (χ0n) is 31.5. The Balaban J connectivity index is 1.13. The molecule has 1 N–H and O–H groups in total. The second-order valence-electron chi connectivity index (χ2n) is 15.2. The maximum absolute atomic E-state index is 12.1. The summed E-state index contributed by atoms with van der Waals surface area (Å²) in [7, 11) is 0. The van der Waals surface area contributed by atoms with Crippen molar-refractivity contribution in [3.63, 3.8) is 0 Å². The van der Waals surface area contributed by atoms with E-state index in [1.54, 1.807) is 6.92 Å². The molecule has 2 aliphatic rings. The lowest BCUT2D eigenvalue weighted by Crippen LogP contribution is -2.24. The van der Waals surface area contributed by atoms with Crippen LogP contribution in [0, 0.1) is 11.8 Å². The highest BCUT2D eigenvalue weighted by atomic mass is 16.5. The molecule has 52 heavy (non-hydrogen) atoms. The molecule has 1 fully saturated rings. The normalized spacial score (nSPS) is 17.9. The number of esters is 2. The monoisotopic (exact) mass is 702 g/mol. The van der Waals surface area contributed by atoms with E-state index in [1.807, 2.05) is 0 Å². The fraction of sp³-hybridized carbons (Fsp3) is 0.447. The van der Waals surface area contributed by atoms with Crippen LogP contribution in [0.15, 0.2) is 103 Å². The summed E-state index contributed by atoms with van der Waals surface area (Å²) < 4.78 is 10.7. The largest absolute Gasteiger partial charge is 0.462 e. The van der Waals surface area contributed by atoms with Crippen molar-refractivity contribution in [1.29, 1.82) is 0 Å². The average Bonchev–Trinajstić information content (AvgIpc) is 3.18. The summed E-state index contributed by atoms with van der Waals surface area (Å²) in [6, 6.07) is 22.5. The molecular formula is C47H58O5. The minimum absolute atomic E-state index is 0.0129.